The van der Waals surface area contributed by atoms with Crippen LogP contribution < -0.4 is 4.74 Å². The van der Waals surface area contributed by atoms with Crippen molar-refractivity contribution >= 4 is 30.0 Å². The molecule has 72 valence electrons. The second-order valence-electron chi connectivity index (χ2n) is 4.30. The van der Waals surface area contributed by atoms with Gasteiger partial charge in [-0.25, -0.2) is 0 Å². The van der Waals surface area contributed by atoms with E-state index in [4.69, 9.17) is 16.3 Å². The summed E-state index contributed by atoms with van der Waals surface area (Å²) in [7, 11) is 0. The van der Waals surface area contributed by atoms with Crippen LogP contribution in [0.5, 0.6) is 5.75 Å². The number of hydrogen-bond acceptors (Lipinski definition) is 1. The fourth-order valence-electron chi connectivity index (χ4n) is 0.831. The molecule has 0 heterocycles. The predicted octanol–water partition coefficient (Wildman–Crippen LogP) is 3.60. The summed E-state index contributed by atoms with van der Waals surface area (Å²) in [4.78, 5) is 7.06. The summed E-state index contributed by atoms with van der Waals surface area (Å²) < 4.78 is 6.59. The summed E-state index contributed by atoms with van der Waals surface area (Å²) in [6, 6.07) is 7.55. The van der Waals surface area contributed by atoms with Gasteiger partial charge in [0.15, 0.2) is 0 Å². The molecule has 0 bridgehead atoms. The maximum atomic E-state index is 5.76. The third kappa shape index (κ3) is 4.77. The SMILES string of the molecule is [CH3][Sn]([CH3])([CH3])[CH2]Oc1ccc(Cl)cc1. The summed E-state index contributed by atoms with van der Waals surface area (Å²) in [5.74, 6) is 0.927. The second kappa shape index (κ2) is 4.56. The molecule has 0 spiro atoms. The third-order valence-electron chi connectivity index (χ3n) is 1.49. The Balaban J connectivity index is 2.51. The summed E-state index contributed by atoms with van der Waals surface area (Å²) in [6.07, 6.45) is 0. The van der Waals surface area contributed by atoms with Gasteiger partial charge in [-0.2, -0.15) is 0 Å². The minimum atomic E-state index is -1.78. The molecule has 1 aromatic rings. The van der Waals surface area contributed by atoms with Crippen LogP contribution in [0.4, 0.5) is 0 Å². The molecule has 0 saturated heterocycles. The molecule has 0 saturated carbocycles. The summed E-state index contributed by atoms with van der Waals surface area (Å²) in [5, 5.41) is 0.756. The fraction of sp³-hybridized carbons (Fsp3) is 0.400. The van der Waals surface area contributed by atoms with Gasteiger partial charge in [0.05, 0.1) is 0 Å². The van der Waals surface area contributed by atoms with E-state index in [0.717, 1.165) is 15.4 Å². The fourth-order valence-corrected chi connectivity index (χ4v) is 2.67. The van der Waals surface area contributed by atoms with Crippen LogP contribution in [0.25, 0.3) is 0 Å². The van der Waals surface area contributed by atoms with Crippen LogP contribution in [0, 0.1) is 0 Å². The molecule has 0 amide bonds. The van der Waals surface area contributed by atoms with Gasteiger partial charge in [0.1, 0.15) is 0 Å². The molecule has 0 radical (unpaired) electrons. The van der Waals surface area contributed by atoms with Crippen LogP contribution >= 0.6 is 11.6 Å². The first-order valence-corrected chi connectivity index (χ1v) is 15.3. The maximum absolute atomic E-state index is 5.76. The molecule has 1 rings (SSSR count). The molecule has 0 aromatic heterocycles. The van der Waals surface area contributed by atoms with Gasteiger partial charge in [-0.1, -0.05) is 0 Å². The Hall–Kier alpha value is 0.109. The van der Waals surface area contributed by atoms with Crippen LogP contribution in [0.15, 0.2) is 24.3 Å². The van der Waals surface area contributed by atoms with Crippen molar-refractivity contribution in [3.05, 3.63) is 29.3 Å². The molecule has 0 aliphatic heterocycles. The van der Waals surface area contributed by atoms with Crippen molar-refractivity contribution in [2.24, 2.45) is 0 Å². The van der Waals surface area contributed by atoms with E-state index >= 15 is 0 Å². The standard InChI is InChI=1S/C7H6ClO.3CH3.Sn/c1-9-7-4-2-6(8)3-5-7;;;;/h2-5H,1H2;3*1H3;. The molecule has 0 fully saturated rings. The van der Waals surface area contributed by atoms with Crippen molar-refractivity contribution in [2.75, 3.05) is 4.62 Å². The van der Waals surface area contributed by atoms with Gasteiger partial charge in [0, 0.05) is 0 Å². The quantitative estimate of drug-likeness (QED) is 0.775. The number of ether oxygens (including phenoxy) is 1. The molecule has 0 aliphatic rings. The van der Waals surface area contributed by atoms with E-state index in [-0.39, 0.29) is 0 Å². The number of hydrogen-bond donors (Lipinski definition) is 0. The van der Waals surface area contributed by atoms with Crippen LogP contribution in [0.1, 0.15) is 0 Å². The average Bonchev–Trinajstić information content (AvgIpc) is 2.02. The first-order valence-electron chi connectivity index (χ1n) is 4.36. The molecule has 0 N–H and O–H groups in total. The van der Waals surface area contributed by atoms with Gasteiger partial charge in [0.2, 0.25) is 0 Å². The Morgan fingerprint density at radius 2 is 1.69 bits per heavy atom. The van der Waals surface area contributed by atoms with Crippen molar-refractivity contribution in [3.63, 3.8) is 0 Å². The van der Waals surface area contributed by atoms with Gasteiger partial charge in [-0.05, 0) is 0 Å². The second-order valence-corrected chi connectivity index (χ2v) is 20.2. The summed E-state index contributed by atoms with van der Waals surface area (Å²) >= 11 is 3.98. The molecule has 3 heteroatoms. The first-order chi connectivity index (χ1) is 5.97. The van der Waals surface area contributed by atoms with E-state index in [9.17, 15) is 0 Å². The van der Waals surface area contributed by atoms with Gasteiger partial charge in [-0.3, -0.25) is 0 Å². The van der Waals surface area contributed by atoms with Crippen molar-refractivity contribution in [3.8, 4) is 5.75 Å². The Morgan fingerprint density at radius 1 is 1.15 bits per heavy atom. The van der Waals surface area contributed by atoms with Crippen molar-refractivity contribution in [1.82, 2.24) is 0 Å². The van der Waals surface area contributed by atoms with E-state index in [2.05, 4.69) is 14.8 Å². The van der Waals surface area contributed by atoms with E-state index in [1.165, 1.54) is 0 Å². The van der Waals surface area contributed by atoms with Crippen molar-refractivity contribution < 1.29 is 4.74 Å². The minimum absolute atomic E-state index is 0.756. The molecule has 0 unspecified atom stereocenters. The van der Waals surface area contributed by atoms with Gasteiger partial charge < -0.3 is 0 Å². The van der Waals surface area contributed by atoms with Crippen molar-refractivity contribution in [1.29, 1.82) is 0 Å². The average molecular weight is 305 g/mol. The molecule has 13 heavy (non-hydrogen) atoms. The molecule has 0 aliphatic carbocycles. The zero-order valence-corrected chi connectivity index (χ0v) is 11.9. The van der Waals surface area contributed by atoms with E-state index in [1.807, 2.05) is 24.3 Å². The Morgan fingerprint density at radius 3 is 2.15 bits per heavy atom. The summed E-state index contributed by atoms with van der Waals surface area (Å²) in [5.41, 5.74) is 0. The predicted molar refractivity (Wildman–Crippen MR) is 60.3 cm³/mol. The Labute approximate surface area is 88.9 Å². The van der Waals surface area contributed by atoms with E-state index in [0.29, 0.717) is 0 Å². The van der Waals surface area contributed by atoms with E-state index < -0.39 is 18.4 Å². The number of halogens is 1. The van der Waals surface area contributed by atoms with Crippen molar-refractivity contribution in [2.45, 2.75) is 14.8 Å². The van der Waals surface area contributed by atoms with Gasteiger partial charge in [-0.15, -0.1) is 0 Å². The molecular weight excluding hydrogens is 290 g/mol. The van der Waals surface area contributed by atoms with Crippen LogP contribution in [0.2, 0.25) is 19.8 Å². The first kappa shape index (κ1) is 11.2. The molecule has 1 aromatic carbocycles. The Kier molecular flexibility index (Phi) is 3.92. The Bertz CT molecular complexity index is 263. The monoisotopic (exact) mass is 306 g/mol. The van der Waals surface area contributed by atoms with Gasteiger partial charge >= 0.3 is 89.2 Å². The number of rotatable bonds is 3. The van der Waals surface area contributed by atoms with E-state index in [1.54, 1.807) is 0 Å². The number of benzene rings is 1. The van der Waals surface area contributed by atoms with Crippen LogP contribution in [-0.2, 0) is 0 Å². The van der Waals surface area contributed by atoms with Crippen LogP contribution in [0.3, 0.4) is 0 Å². The zero-order valence-electron chi connectivity index (χ0n) is 8.30. The zero-order chi connectivity index (χ0) is 9.90. The third-order valence-corrected chi connectivity index (χ3v) is 4.62. The summed E-state index contributed by atoms with van der Waals surface area (Å²) in [6.45, 7) is 0. The molecule has 0 atom stereocenters. The molecule has 1 nitrogen and oxygen atoms in total. The normalized spacial score (nSPS) is 11.4. The molecular formula is C10H15ClOSn. The van der Waals surface area contributed by atoms with Gasteiger partial charge in [0.25, 0.3) is 0 Å². The van der Waals surface area contributed by atoms with Crippen LogP contribution in [-0.4, -0.2) is 23.0 Å². The topological polar surface area (TPSA) is 9.23 Å².